The molecule has 0 bridgehead atoms. The molecule has 0 aliphatic rings. The summed E-state index contributed by atoms with van der Waals surface area (Å²) >= 11 is 0. The summed E-state index contributed by atoms with van der Waals surface area (Å²) in [5.74, 6) is -15.6. The number of hydrogen-bond donors (Lipinski definition) is 2. The lowest BCUT2D eigenvalue weighted by Crippen LogP contribution is -2.57. The van der Waals surface area contributed by atoms with Gasteiger partial charge in [-0.05, 0) is 55.2 Å². The Bertz CT molecular complexity index is 1210. The van der Waals surface area contributed by atoms with E-state index in [4.69, 9.17) is 0 Å². The Morgan fingerprint density at radius 1 is 0.972 bits per heavy atom. The lowest BCUT2D eigenvalue weighted by atomic mass is 10.1. The third-order valence-electron chi connectivity index (χ3n) is 4.96. The molecular weight excluding hydrogens is 519 g/mol. The fourth-order valence-corrected chi connectivity index (χ4v) is 3.67. The summed E-state index contributed by atoms with van der Waals surface area (Å²) in [6, 6.07) is 10.5. The van der Waals surface area contributed by atoms with Gasteiger partial charge in [0.15, 0.2) is 0 Å². The zero-order chi connectivity index (χ0) is 27.4. The first-order valence-corrected chi connectivity index (χ1v) is 11.9. The van der Waals surface area contributed by atoms with Crippen LogP contribution >= 0.6 is 0 Å². The highest BCUT2D eigenvalue weighted by atomic mass is 32.2. The lowest BCUT2D eigenvalue weighted by Gasteiger charge is -2.27. The summed E-state index contributed by atoms with van der Waals surface area (Å²) in [5, 5.41) is 5.02. The first kappa shape index (κ1) is 29.1. The van der Waals surface area contributed by atoms with Crippen molar-refractivity contribution in [1.82, 2.24) is 4.83 Å². The summed E-state index contributed by atoms with van der Waals surface area (Å²) in [6.07, 6.45) is -3.96. The molecule has 0 aromatic heterocycles. The maximum absolute atomic E-state index is 13.6. The predicted molar refractivity (Wildman–Crippen MR) is 119 cm³/mol. The van der Waals surface area contributed by atoms with Crippen LogP contribution in [-0.2, 0) is 21.2 Å². The van der Waals surface area contributed by atoms with Crippen molar-refractivity contribution in [3.63, 3.8) is 0 Å². The number of anilines is 1. The highest BCUT2D eigenvalue weighted by Gasteiger charge is 2.76. The number of sulfonamides is 1. The predicted octanol–water partition coefficient (Wildman–Crippen LogP) is 5.50. The van der Waals surface area contributed by atoms with Crippen molar-refractivity contribution in [1.29, 1.82) is 0 Å². The summed E-state index contributed by atoms with van der Waals surface area (Å²) in [6.45, 7) is 3.33. The molecular formula is C22H22F7N3O3S. The minimum Gasteiger partial charge on any atom is -0.321 e. The SMILES string of the molecule is CCCCc1ccc(S(=O)(=O)NN=C(C)c2cccc(NC(=O)C(F)(F)C(F)(F)C(F)(F)F)c2)cc1. The van der Waals surface area contributed by atoms with Crippen molar-refractivity contribution >= 4 is 27.3 Å². The monoisotopic (exact) mass is 541 g/mol. The van der Waals surface area contributed by atoms with E-state index in [0.29, 0.717) is 0 Å². The maximum Gasteiger partial charge on any atom is 0.460 e. The number of benzene rings is 2. The van der Waals surface area contributed by atoms with Crippen LogP contribution in [0.3, 0.4) is 0 Å². The molecule has 0 radical (unpaired) electrons. The number of alkyl halides is 7. The van der Waals surface area contributed by atoms with Gasteiger partial charge in [0, 0.05) is 5.69 Å². The number of aryl methyl sites for hydroxylation is 1. The Morgan fingerprint density at radius 2 is 1.58 bits per heavy atom. The highest BCUT2D eigenvalue weighted by Crippen LogP contribution is 2.46. The second-order valence-corrected chi connectivity index (χ2v) is 9.38. The topological polar surface area (TPSA) is 87.6 Å². The largest absolute Gasteiger partial charge is 0.460 e. The molecule has 1 amide bonds. The summed E-state index contributed by atoms with van der Waals surface area (Å²) < 4.78 is 115. The maximum atomic E-state index is 13.6. The Balaban J connectivity index is 2.17. The minimum absolute atomic E-state index is 0.0263. The van der Waals surface area contributed by atoms with Gasteiger partial charge in [-0.25, -0.2) is 0 Å². The molecule has 2 aromatic rings. The molecule has 198 valence electrons. The van der Waals surface area contributed by atoms with Gasteiger partial charge < -0.3 is 5.32 Å². The standard InChI is InChI=1S/C22H22F7N3O3S/c1-3-4-6-15-9-11-18(12-10-15)36(34,35)32-31-14(2)16-7-5-8-17(13-16)30-19(33)20(23,24)21(25,26)22(27,28)29/h5,7-13,32H,3-4,6H2,1-2H3,(H,30,33). The van der Waals surface area contributed by atoms with E-state index in [1.165, 1.54) is 30.4 Å². The quantitative estimate of drug-likeness (QED) is 0.237. The van der Waals surface area contributed by atoms with E-state index < -0.39 is 39.6 Å². The van der Waals surface area contributed by atoms with Crippen LogP contribution in [0.15, 0.2) is 58.5 Å². The smallest absolute Gasteiger partial charge is 0.321 e. The van der Waals surface area contributed by atoms with Gasteiger partial charge >= 0.3 is 23.9 Å². The number of hydrogen-bond acceptors (Lipinski definition) is 4. The number of carbonyl (C=O) groups excluding carboxylic acids is 1. The van der Waals surface area contributed by atoms with E-state index >= 15 is 0 Å². The van der Waals surface area contributed by atoms with E-state index in [9.17, 15) is 43.9 Å². The van der Waals surface area contributed by atoms with Crippen LogP contribution in [0.1, 0.15) is 37.8 Å². The number of unbranched alkanes of at least 4 members (excludes halogenated alkanes) is 1. The number of nitrogens with zero attached hydrogens (tertiary/aromatic N) is 1. The molecule has 2 rings (SSSR count). The van der Waals surface area contributed by atoms with Crippen LogP contribution in [0.2, 0.25) is 0 Å². The number of carbonyl (C=O) groups is 1. The Kier molecular flexibility index (Phi) is 8.76. The molecule has 0 spiro atoms. The first-order chi connectivity index (χ1) is 16.5. The molecule has 2 N–H and O–H groups in total. The first-order valence-electron chi connectivity index (χ1n) is 10.4. The van der Waals surface area contributed by atoms with Crippen molar-refractivity contribution < 1.29 is 43.9 Å². The zero-order valence-electron chi connectivity index (χ0n) is 19.0. The van der Waals surface area contributed by atoms with Crippen LogP contribution in [0.4, 0.5) is 36.4 Å². The van der Waals surface area contributed by atoms with Gasteiger partial charge in [0.25, 0.3) is 10.0 Å². The van der Waals surface area contributed by atoms with Crippen LogP contribution in [0.25, 0.3) is 0 Å². The molecule has 36 heavy (non-hydrogen) atoms. The molecule has 0 aliphatic heterocycles. The second kappa shape index (κ2) is 10.8. The lowest BCUT2D eigenvalue weighted by molar-refractivity contribution is -0.343. The van der Waals surface area contributed by atoms with Gasteiger partial charge in [0.05, 0.1) is 10.6 Å². The average Bonchev–Trinajstić information content (AvgIpc) is 2.80. The van der Waals surface area contributed by atoms with Crippen molar-refractivity contribution in [2.75, 3.05) is 5.32 Å². The number of amides is 1. The van der Waals surface area contributed by atoms with Crippen molar-refractivity contribution in [3.05, 3.63) is 59.7 Å². The zero-order valence-corrected chi connectivity index (χ0v) is 19.8. The molecule has 2 aromatic carbocycles. The highest BCUT2D eigenvalue weighted by molar-refractivity contribution is 7.89. The Hall–Kier alpha value is -3.16. The minimum atomic E-state index is -6.66. The molecule has 14 heteroatoms. The van der Waals surface area contributed by atoms with Crippen molar-refractivity contribution in [2.45, 2.75) is 56.0 Å². The van der Waals surface area contributed by atoms with E-state index in [1.807, 2.05) is 11.8 Å². The number of hydrazone groups is 1. The van der Waals surface area contributed by atoms with Gasteiger partial charge in [-0.3, -0.25) is 4.79 Å². The third kappa shape index (κ3) is 6.53. The average molecular weight is 541 g/mol. The van der Waals surface area contributed by atoms with E-state index in [-0.39, 0.29) is 16.2 Å². The Morgan fingerprint density at radius 3 is 2.14 bits per heavy atom. The number of halogens is 7. The fourth-order valence-electron chi connectivity index (χ4n) is 2.81. The molecule has 0 atom stereocenters. The molecule has 0 fully saturated rings. The summed E-state index contributed by atoms with van der Waals surface area (Å²) in [7, 11) is -4.08. The van der Waals surface area contributed by atoms with Gasteiger partial charge in [-0.1, -0.05) is 37.6 Å². The van der Waals surface area contributed by atoms with Gasteiger partial charge in [-0.2, -0.15) is 49.1 Å². The van der Waals surface area contributed by atoms with Gasteiger partial charge in [0.2, 0.25) is 0 Å². The molecule has 6 nitrogen and oxygen atoms in total. The van der Waals surface area contributed by atoms with Crippen molar-refractivity contribution in [3.8, 4) is 0 Å². The molecule has 0 aliphatic carbocycles. The van der Waals surface area contributed by atoms with Crippen LogP contribution in [-0.4, -0.2) is 38.1 Å². The number of nitrogens with one attached hydrogen (secondary N) is 2. The van der Waals surface area contributed by atoms with Crippen LogP contribution < -0.4 is 10.1 Å². The molecule has 0 saturated heterocycles. The van der Waals surface area contributed by atoms with Gasteiger partial charge in [-0.15, -0.1) is 0 Å². The van der Waals surface area contributed by atoms with Gasteiger partial charge in [0.1, 0.15) is 0 Å². The van der Waals surface area contributed by atoms with Crippen LogP contribution in [0.5, 0.6) is 0 Å². The molecule has 0 saturated carbocycles. The Labute approximate surface area is 202 Å². The summed E-state index contributed by atoms with van der Waals surface area (Å²) in [4.78, 5) is 13.5. The third-order valence-corrected chi connectivity index (χ3v) is 6.18. The fraction of sp³-hybridized carbons (Fsp3) is 0.364. The van der Waals surface area contributed by atoms with Crippen LogP contribution in [0, 0.1) is 0 Å². The van der Waals surface area contributed by atoms with E-state index in [0.717, 1.165) is 43.0 Å². The van der Waals surface area contributed by atoms with E-state index in [1.54, 1.807) is 12.1 Å². The van der Waals surface area contributed by atoms with E-state index in [2.05, 4.69) is 5.10 Å². The van der Waals surface area contributed by atoms with Crippen molar-refractivity contribution in [2.24, 2.45) is 5.10 Å². The molecule has 0 heterocycles. The molecule has 0 unspecified atom stereocenters. The normalized spacial score (nSPS) is 13.4. The second-order valence-electron chi connectivity index (χ2n) is 7.72. The number of rotatable bonds is 10. The summed E-state index contributed by atoms with van der Waals surface area (Å²) in [5.41, 5.74) is 0.432.